The molecular formula is C13H18ClN3O3S. The molecule has 1 saturated heterocycles. The molecule has 0 bridgehead atoms. The number of benzene rings is 1. The van der Waals surface area contributed by atoms with Gasteiger partial charge in [0.15, 0.2) is 0 Å². The van der Waals surface area contributed by atoms with Crippen LogP contribution < -0.4 is 11.5 Å². The Morgan fingerprint density at radius 2 is 2.14 bits per heavy atom. The molecule has 1 aromatic carbocycles. The van der Waals surface area contributed by atoms with Gasteiger partial charge in [-0.2, -0.15) is 4.31 Å². The van der Waals surface area contributed by atoms with E-state index in [1.165, 1.54) is 16.4 Å². The third-order valence-electron chi connectivity index (χ3n) is 3.88. The topological polar surface area (TPSA) is 106 Å². The van der Waals surface area contributed by atoms with Crippen molar-refractivity contribution in [2.75, 3.05) is 13.1 Å². The van der Waals surface area contributed by atoms with Crippen LogP contribution in [0, 0.1) is 5.41 Å². The normalized spacial score (nSPS) is 23.4. The molecular weight excluding hydrogens is 314 g/mol. The summed E-state index contributed by atoms with van der Waals surface area (Å²) in [5, 5.41) is 0.130. The zero-order valence-corrected chi connectivity index (χ0v) is 13.2. The van der Waals surface area contributed by atoms with Gasteiger partial charge in [0.1, 0.15) is 4.90 Å². The Morgan fingerprint density at radius 3 is 2.62 bits per heavy atom. The Kier molecular flexibility index (Phi) is 4.30. The zero-order chi connectivity index (χ0) is 15.8. The maximum absolute atomic E-state index is 12.6. The number of nitrogens with zero attached hydrogens (tertiary/aromatic N) is 1. The Hall–Kier alpha value is -1.15. The lowest BCUT2D eigenvalue weighted by atomic mass is 9.89. The van der Waals surface area contributed by atoms with Crippen molar-refractivity contribution in [3.63, 3.8) is 0 Å². The van der Waals surface area contributed by atoms with E-state index in [2.05, 4.69) is 0 Å². The van der Waals surface area contributed by atoms with Crippen molar-refractivity contribution >= 4 is 27.5 Å². The minimum absolute atomic E-state index is 0.0232. The Balaban J connectivity index is 2.34. The van der Waals surface area contributed by atoms with Crippen LogP contribution in [-0.2, 0) is 21.4 Å². The lowest BCUT2D eigenvalue weighted by molar-refractivity contribution is -0.126. The molecule has 2 rings (SSSR count). The van der Waals surface area contributed by atoms with Gasteiger partial charge in [0.2, 0.25) is 15.9 Å². The van der Waals surface area contributed by atoms with Gasteiger partial charge in [-0.15, -0.1) is 0 Å². The van der Waals surface area contributed by atoms with Gasteiger partial charge in [-0.05, 0) is 31.0 Å². The third kappa shape index (κ3) is 2.91. The molecule has 0 aromatic heterocycles. The molecule has 1 heterocycles. The first kappa shape index (κ1) is 16.2. The summed E-state index contributed by atoms with van der Waals surface area (Å²) >= 11 is 6.05. The highest BCUT2D eigenvalue weighted by atomic mass is 35.5. The standard InChI is InChI=1S/C13H18ClN3O3S/c1-13(12(16)18)4-5-17(8-13)21(19,20)11-3-2-9(7-15)6-10(11)14/h2-3,6H,4-5,7-8,15H2,1H3,(H2,16,18). The largest absolute Gasteiger partial charge is 0.369 e. The summed E-state index contributed by atoms with van der Waals surface area (Å²) in [5.41, 5.74) is 10.8. The van der Waals surface area contributed by atoms with E-state index in [0.29, 0.717) is 6.42 Å². The van der Waals surface area contributed by atoms with E-state index in [1.807, 2.05) is 0 Å². The van der Waals surface area contributed by atoms with E-state index < -0.39 is 21.3 Å². The van der Waals surface area contributed by atoms with Gasteiger partial charge in [-0.25, -0.2) is 8.42 Å². The first-order valence-corrected chi connectivity index (χ1v) is 8.31. The van der Waals surface area contributed by atoms with E-state index in [9.17, 15) is 13.2 Å². The summed E-state index contributed by atoms with van der Waals surface area (Å²) in [7, 11) is -3.75. The summed E-state index contributed by atoms with van der Waals surface area (Å²) in [6, 6.07) is 4.61. The molecule has 0 radical (unpaired) electrons. The van der Waals surface area contributed by atoms with Gasteiger partial charge < -0.3 is 11.5 Å². The second-order valence-electron chi connectivity index (χ2n) is 5.48. The summed E-state index contributed by atoms with van der Waals surface area (Å²) in [6.45, 7) is 2.27. The number of hydrogen-bond donors (Lipinski definition) is 2. The molecule has 116 valence electrons. The predicted molar refractivity (Wildman–Crippen MR) is 80.0 cm³/mol. The summed E-state index contributed by atoms with van der Waals surface area (Å²) < 4.78 is 26.5. The monoisotopic (exact) mass is 331 g/mol. The molecule has 1 aliphatic rings. The molecule has 1 aliphatic heterocycles. The number of amides is 1. The van der Waals surface area contributed by atoms with E-state index in [1.54, 1.807) is 13.0 Å². The van der Waals surface area contributed by atoms with Gasteiger partial charge in [-0.3, -0.25) is 4.79 Å². The molecule has 21 heavy (non-hydrogen) atoms. The number of sulfonamides is 1. The van der Waals surface area contributed by atoms with E-state index in [-0.39, 0.29) is 29.6 Å². The fourth-order valence-corrected chi connectivity index (χ4v) is 4.45. The van der Waals surface area contributed by atoms with Crippen LogP contribution in [0.3, 0.4) is 0 Å². The zero-order valence-electron chi connectivity index (χ0n) is 11.7. The Labute approximate surface area is 129 Å². The molecule has 1 atom stereocenters. The average Bonchev–Trinajstić information content (AvgIpc) is 2.83. The van der Waals surface area contributed by atoms with Crippen molar-refractivity contribution in [2.24, 2.45) is 16.9 Å². The average molecular weight is 332 g/mol. The molecule has 1 aromatic rings. The highest BCUT2D eigenvalue weighted by Crippen LogP contribution is 2.35. The van der Waals surface area contributed by atoms with Crippen molar-refractivity contribution in [3.8, 4) is 0 Å². The second-order valence-corrected chi connectivity index (χ2v) is 7.80. The number of rotatable bonds is 4. The van der Waals surface area contributed by atoms with Crippen molar-refractivity contribution < 1.29 is 13.2 Å². The van der Waals surface area contributed by atoms with E-state index in [0.717, 1.165) is 5.56 Å². The first-order valence-electron chi connectivity index (χ1n) is 6.49. The van der Waals surface area contributed by atoms with Crippen molar-refractivity contribution in [3.05, 3.63) is 28.8 Å². The number of hydrogen-bond acceptors (Lipinski definition) is 4. The number of nitrogens with two attached hydrogens (primary N) is 2. The maximum atomic E-state index is 12.6. The van der Waals surface area contributed by atoms with Crippen LogP contribution in [0.2, 0.25) is 5.02 Å². The summed E-state index contributed by atoms with van der Waals surface area (Å²) in [4.78, 5) is 11.5. The SMILES string of the molecule is CC1(C(N)=O)CCN(S(=O)(=O)c2ccc(CN)cc2Cl)C1. The molecule has 0 spiro atoms. The fraction of sp³-hybridized carbons (Fsp3) is 0.462. The lowest BCUT2D eigenvalue weighted by Crippen LogP contribution is -2.38. The van der Waals surface area contributed by atoms with Crippen LogP contribution in [0.25, 0.3) is 0 Å². The van der Waals surface area contributed by atoms with E-state index >= 15 is 0 Å². The molecule has 0 saturated carbocycles. The first-order chi connectivity index (χ1) is 9.70. The van der Waals surface area contributed by atoms with Gasteiger partial charge in [0, 0.05) is 19.6 Å². The fourth-order valence-electron chi connectivity index (χ4n) is 2.34. The van der Waals surface area contributed by atoms with Gasteiger partial charge >= 0.3 is 0 Å². The molecule has 1 unspecified atom stereocenters. The highest BCUT2D eigenvalue weighted by Gasteiger charge is 2.44. The minimum atomic E-state index is -3.75. The maximum Gasteiger partial charge on any atom is 0.244 e. The number of carbonyl (C=O) groups excluding carboxylic acids is 1. The molecule has 1 fully saturated rings. The van der Waals surface area contributed by atoms with E-state index in [4.69, 9.17) is 23.1 Å². The number of carbonyl (C=O) groups is 1. The van der Waals surface area contributed by atoms with Crippen LogP contribution in [0.15, 0.2) is 23.1 Å². The molecule has 0 aliphatic carbocycles. The molecule has 8 heteroatoms. The third-order valence-corrected chi connectivity index (χ3v) is 6.21. The summed E-state index contributed by atoms with van der Waals surface area (Å²) in [5.74, 6) is -0.496. The second kappa shape index (κ2) is 5.57. The highest BCUT2D eigenvalue weighted by molar-refractivity contribution is 7.89. The van der Waals surface area contributed by atoms with Gasteiger partial charge in [-0.1, -0.05) is 17.7 Å². The van der Waals surface area contributed by atoms with Gasteiger partial charge in [0.05, 0.1) is 10.4 Å². The molecule has 6 nitrogen and oxygen atoms in total. The quantitative estimate of drug-likeness (QED) is 0.846. The van der Waals surface area contributed by atoms with Gasteiger partial charge in [0.25, 0.3) is 0 Å². The molecule has 4 N–H and O–H groups in total. The van der Waals surface area contributed by atoms with Crippen molar-refractivity contribution in [1.29, 1.82) is 0 Å². The predicted octanol–water partition coefficient (Wildman–Crippen LogP) is 0.685. The van der Waals surface area contributed by atoms with Crippen molar-refractivity contribution in [2.45, 2.75) is 24.8 Å². The van der Waals surface area contributed by atoms with Crippen molar-refractivity contribution in [1.82, 2.24) is 4.31 Å². The van der Waals surface area contributed by atoms with Crippen LogP contribution in [0.1, 0.15) is 18.9 Å². The van der Waals surface area contributed by atoms with Crippen LogP contribution in [-0.4, -0.2) is 31.7 Å². The Morgan fingerprint density at radius 1 is 1.48 bits per heavy atom. The number of primary amides is 1. The lowest BCUT2D eigenvalue weighted by Gasteiger charge is -2.21. The molecule has 1 amide bonds. The van der Waals surface area contributed by atoms with Crippen LogP contribution >= 0.6 is 11.6 Å². The minimum Gasteiger partial charge on any atom is -0.369 e. The summed E-state index contributed by atoms with van der Waals surface area (Å²) in [6.07, 6.45) is 0.403. The van der Waals surface area contributed by atoms with Crippen LogP contribution in [0.5, 0.6) is 0 Å². The Bertz CT molecular complexity index is 677. The number of halogens is 1. The van der Waals surface area contributed by atoms with Crippen LogP contribution in [0.4, 0.5) is 0 Å². The smallest absolute Gasteiger partial charge is 0.244 e.